The Morgan fingerprint density at radius 2 is 2.05 bits per heavy atom. The fraction of sp³-hybridized carbons (Fsp3) is 0.500. The molecule has 0 radical (unpaired) electrons. The van der Waals surface area contributed by atoms with E-state index in [4.69, 9.17) is 9.26 Å². The van der Waals surface area contributed by atoms with Crippen LogP contribution in [0.15, 0.2) is 47.2 Å². The summed E-state index contributed by atoms with van der Waals surface area (Å²) in [7, 11) is 3.55. The number of anilines is 1. The van der Waals surface area contributed by atoms with E-state index in [0.717, 1.165) is 23.8 Å². The number of ether oxygens (including phenoxy) is 1. The number of aromatic nitrogens is 4. The lowest BCUT2D eigenvalue weighted by Crippen LogP contribution is -2.46. The van der Waals surface area contributed by atoms with E-state index < -0.39 is 24.9 Å². The van der Waals surface area contributed by atoms with Crippen LogP contribution in [0.1, 0.15) is 48.0 Å². The second-order valence-corrected chi connectivity index (χ2v) is 11.7. The number of likely N-dealkylation sites (tertiary alicyclic amines) is 1. The van der Waals surface area contributed by atoms with Crippen LogP contribution in [0, 0.1) is 0 Å². The third-order valence-electron chi connectivity index (χ3n) is 8.55. The molecule has 2 N–H and O–H groups in total. The van der Waals surface area contributed by atoms with E-state index in [2.05, 4.69) is 20.8 Å². The maximum atomic E-state index is 14.8. The highest BCUT2D eigenvalue weighted by Crippen LogP contribution is 2.35. The maximum absolute atomic E-state index is 14.8. The summed E-state index contributed by atoms with van der Waals surface area (Å²) in [6.07, 6.45) is 1.60. The Balaban J connectivity index is 1.20. The molecule has 236 valence electrons. The molecule has 14 heteroatoms. The van der Waals surface area contributed by atoms with Crippen molar-refractivity contribution in [2.75, 3.05) is 32.6 Å². The van der Waals surface area contributed by atoms with Crippen molar-refractivity contribution in [2.24, 2.45) is 0 Å². The topological polar surface area (TPSA) is 102 Å². The second kappa shape index (κ2) is 12.2. The van der Waals surface area contributed by atoms with Crippen molar-refractivity contribution in [2.45, 2.75) is 69.3 Å². The molecule has 1 aliphatic heterocycles. The first-order valence-corrected chi connectivity index (χ1v) is 14.7. The fourth-order valence-electron chi connectivity index (χ4n) is 6.23. The van der Waals surface area contributed by atoms with E-state index >= 15 is 0 Å². The Hall–Kier alpha value is -3.91. The highest BCUT2D eigenvalue weighted by Gasteiger charge is 2.32. The molecule has 1 saturated carbocycles. The van der Waals surface area contributed by atoms with Gasteiger partial charge in [-0.3, -0.25) is 4.79 Å². The van der Waals surface area contributed by atoms with Crippen molar-refractivity contribution in [1.29, 1.82) is 0 Å². The Morgan fingerprint density at radius 3 is 2.80 bits per heavy atom. The van der Waals surface area contributed by atoms with Crippen LogP contribution in [0.4, 0.5) is 23.2 Å². The summed E-state index contributed by atoms with van der Waals surface area (Å²) >= 11 is 0. The van der Waals surface area contributed by atoms with E-state index in [1.54, 1.807) is 43.6 Å². The summed E-state index contributed by atoms with van der Waals surface area (Å²) in [5.74, 6) is -0.351. The summed E-state index contributed by atoms with van der Waals surface area (Å²) in [6, 6.07) is 8.02. The molecular formula is C30H35F4N7O3. The van der Waals surface area contributed by atoms with Crippen LogP contribution < -0.4 is 10.6 Å². The van der Waals surface area contributed by atoms with Crippen LogP contribution in [-0.4, -0.2) is 81.8 Å². The molecule has 0 bridgehead atoms. The lowest BCUT2D eigenvalue weighted by Gasteiger charge is -2.33. The summed E-state index contributed by atoms with van der Waals surface area (Å²) < 4.78 is 69.7. The van der Waals surface area contributed by atoms with Crippen LogP contribution >= 0.6 is 0 Å². The third-order valence-corrected chi connectivity index (χ3v) is 8.55. The van der Waals surface area contributed by atoms with Gasteiger partial charge in [0.2, 0.25) is 11.7 Å². The number of carbonyl (C=O) groups is 1. The Labute approximate surface area is 251 Å². The number of alkyl halides is 4. The largest absolute Gasteiger partial charge is 0.406 e. The van der Waals surface area contributed by atoms with Gasteiger partial charge in [0, 0.05) is 49.7 Å². The van der Waals surface area contributed by atoms with Gasteiger partial charge in [-0.25, -0.2) is 4.39 Å². The minimum Gasteiger partial charge on any atom is -0.381 e. The average Bonchev–Trinajstić information content (AvgIpc) is 3.79. The monoisotopic (exact) mass is 617 g/mol. The highest BCUT2D eigenvalue weighted by molar-refractivity contribution is 5.96. The van der Waals surface area contributed by atoms with Crippen LogP contribution in [0.2, 0.25) is 0 Å². The smallest absolute Gasteiger partial charge is 0.381 e. The Bertz CT molecular complexity index is 1610. The van der Waals surface area contributed by atoms with Crippen LogP contribution in [-0.2, 0) is 17.8 Å². The van der Waals surface area contributed by atoms with Gasteiger partial charge in [-0.05, 0) is 57.0 Å². The Kier molecular flexibility index (Phi) is 8.38. The number of rotatable bonds is 9. The molecule has 1 amide bonds. The average molecular weight is 618 g/mol. The number of hydrogen-bond donors (Lipinski definition) is 2. The molecule has 0 spiro atoms. The molecule has 0 unspecified atom stereocenters. The number of amides is 1. The van der Waals surface area contributed by atoms with E-state index in [9.17, 15) is 22.4 Å². The number of carbonyl (C=O) groups excluding carboxylic acids is 1. The van der Waals surface area contributed by atoms with Crippen LogP contribution in [0.5, 0.6) is 0 Å². The summed E-state index contributed by atoms with van der Waals surface area (Å²) in [4.78, 5) is 19.0. The van der Waals surface area contributed by atoms with Crippen molar-refractivity contribution < 1.29 is 31.6 Å². The predicted octanol–water partition coefficient (Wildman–Crippen LogP) is 5.18. The van der Waals surface area contributed by atoms with Crippen molar-refractivity contribution in [3.05, 3.63) is 54.2 Å². The first-order chi connectivity index (χ1) is 21.1. The molecule has 4 atom stereocenters. The quantitative estimate of drug-likeness (QED) is 0.250. The normalized spacial score (nSPS) is 23.0. The van der Waals surface area contributed by atoms with Gasteiger partial charge in [0.25, 0.3) is 5.91 Å². The van der Waals surface area contributed by atoms with Crippen LogP contribution in [0.3, 0.4) is 0 Å². The molecular weight excluding hydrogens is 582 g/mol. The number of benzene rings is 1. The molecule has 2 aliphatic rings. The summed E-state index contributed by atoms with van der Waals surface area (Å²) in [5, 5.41) is 10.4. The van der Waals surface area contributed by atoms with Gasteiger partial charge < -0.3 is 33.9 Å². The third kappa shape index (κ3) is 6.46. The van der Waals surface area contributed by atoms with Gasteiger partial charge >= 0.3 is 6.18 Å². The number of nitrogens with one attached hydrogen (secondary N) is 2. The zero-order valence-corrected chi connectivity index (χ0v) is 24.5. The first-order valence-electron chi connectivity index (χ1n) is 14.7. The number of fused-ring (bicyclic) bond motifs is 1. The minimum absolute atomic E-state index is 0.0419. The standard InChI is InChI=1S/C30H35F4N7O3/c1-39-10-9-24(22(31)16-39)36-23-4-3-5-25-21(23)13-26(41(25)17-30(32,33)34)28-37-27(44-38-28)14-35-29(42)18-8-11-40(15-18)19-6-7-20(12-19)43-2/h3-5,8,11,13,15,19-20,22,24,36H,6-7,9-10,12,14,16-17H2,1-2H3,(H,35,42)/t19-,20+,22+,24-/m1/s1. The molecule has 4 aromatic rings. The minimum atomic E-state index is -4.53. The maximum Gasteiger partial charge on any atom is 0.406 e. The molecule has 1 aliphatic carbocycles. The molecule has 10 nitrogen and oxygen atoms in total. The van der Waals surface area contributed by atoms with E-state index in [1.807, 2.05) is 22.7 Å². The summed E-state index contributed by atoms with van der Waals surface area (Å²) in [6.45, 7) is -0.402. The Morgan fingerprint density at radius 1 is 1.20 bits per heavy atom. The van der Waals surface area contributed by atoms with Gasteiger partial charge in [0.15, 0.2) is 0 Å². The fourth-order valence-corrected chi connectivity index (χ4v) is 6.23. The number of halogens is 4. The lowest BCUT2D eigenvalue weighted by molar-refractivity contribution is -0.139. The molecule has 1 saturated heterocycles. The molecule has 1 aromatic carbocycles. The van der Waals surface area contributed by atoms with Gasteiger partial charge in [-0.15, -0.1) is 0 Å². The molecule has 4 heterocycles. The molecule has 2 fully saturated rings. The van der Waals surface area contributed by atoms with Gasteiger partial charge in [0.05, 0.1) is 35.5 Å². The van der Waals surface area contributed by atoms with E-state index in [-0.39, 0.29) is 48.6 Å². The zero-order valence-electron chi connectivity index (χ0n) is 24.5. The predicted molar refractivity (Wildman–Crippen MR) is 155 cm³/mol. The first kappa shape index (κ1) is 30.1. The van der Waals surface area contributed by atoms with E-state index in [1.165, 1.54) is 0 Å². The number of hydrogen-bond acceptors (Lipinski definition) is 7. The lowest BCUT2D eigenvalue weighted by atomic mass is 10.0. The molecule has 6 rings (SSSR count). The van der Waals surface area contributed by atoms with Crippen molar-refractivity contribution >= 4 is 22.5 Å². The molecule has 44 heavy (non-hydrogen) atoms. The van der Waals surface area contributed by atoms with Gasteiger partial charge in [-0.1, -0.05) is 11.2 Å². The number of piperidine rings is 1. The number of nitrogens with zero attached hydrogens (tertiary/aromatic N) is 5. The van der Waals surface area contributed by atoms with Gasteiger partial charge in [0.1, 0.15) is 12.7 Å². The van der Waals surface area contributed by atoms with E-state index in [0.29, 0.717) is 35.1 Å². The van der Waals surface area contributed by atoms with Crippen molar-refractivity contribution in [1.82, 2.24) is 29.5 Å². The van der Waals surface area contributed by atoms with Crippen LogP contribution in [0.25, 0.3) is 22.4 Å². The van der Waals surface area contributed by atoms with Crippen molar-refractivity contribution in [3.63, 3.8) is 0 Å². The second-order valence-electron chi connectivity index (χ2n) is 11.7. The molecule has 3 aromatic heterocycles. The SMILES string of the molecule is CO[C@H]1CC[C@@H](n2ccc(C(=O)NCc3nc(-c4cc5c(N[C@@H]6CCN(C)C[C@@H]6F)cccc5n4CC(F)(F)F)no3)c2)C1. The number of methoxy groups -OCH3 is 1. The highest BCUT2D eigenvalue weighted by atomic mass is 19.4. The van der Waals surface area contributed by atoms with Gasteiger partial charge in [-0.2, -0.15) is 18.2 Å². The summed E-state index contributed by atoms with van der Waals surface area (Å²) in [5.41, 5.74) is 1.39. The zero-order chi connectivity index (χ0) is 31.0. The van der Waals surface area contributed by atoms with Crippen molar-refractivity contribution in [3.8, 4) is 11.5 Å².